The van der Waals surface area contributed by atoms with E-state index in [0.29, 0.717) is 39.9 Å². The fourth-order valence-electron chi connectivity index (χ4n) is 2.25. The van der Waals surface area contributed by atoms with E-state index in [1.165, 1.54) is 11.3 Å². The number of hydrogen-bond donors (Lipinski definition) is 4. The third-order valence-electron chi connectivity index (χ3n) is 3.40. The number of carbonyl (C=O) groups excluding carboxylic acids is 1. The second-order valence-corrected chi connectivity index (χ2v) is 6.40. The van der Waals surface area contributed by atoms with E-state index in [2.05, 4.69) is 15.6 Å². The summed E-state index contributed by atoms with van der Waals surface area (Å²) >= 11 is 7.38. The van der Waals surface area contributed by atoms with E-state index in [1.54, 1.807) is 29.6 Å². The maximum atomic E-state index is 12.6. The van der Waals surface area contributed by atoms with Gasteiger partial charge in [0.25, 0.3) is 5.91 Å². The third-order valence-corrected chi connectivity index (χ3v) is 4.57. The molecule has 25 heavy (non-hydrogen) atoms. The Morgan fingerprint density at radius 1 is 1.36 bits per heavy atom. The predicted octanol–water partition coefficient (Wildman–Crippen LogP) is 2.86. The van der Waals surface area contributed by atoms with Crippen molar-refractivity contribution >= 4 is 50.6 Å². The summed E-state index contributed by atoms with van der Waals surface area (Å²) in [6, 6.07) is 8.40. The summed E-state index contributed by atoms with van der Waals surface area (Å²) in [5, 5.41) is 16.8. The second-order valence-electron chi connectivity index (χ2n) is 5.06. The Hall–Kier alpha value is -2.39. The zero-order valence-corrected chi connectivity index (χ0v) is 14.5. The first-order chi connectivity index (χ1) is 12.1. The predicted molar refractivity (Wildman–Crippen MR) is 99.4 cm³/mol. The molecule has 0 aliphatic heterocycles. The number of halogens is 1. The molecule has 0 saturated heterocycles. The lowest BCUT2D eigenvalue weighted by Gasteiger charge is -2.09. The number of aliphatic hydroxyl groups is 1. The molecule has 0 unspecified atom stereocenters. The summed E-state index contributed by atoms with van der Waals surface area (Å²) < 4.78 is 0.876. The first kappa shape index (κ1) is 17.4. The Balaban J connectivity index is 1.90. The zero-order valence-electron chi connectivity index (χ0n) is 13.0. The van der Waals surface area contributed by atoms with Crippen molar-refractivity contribution in [1.29, 1.82) is 0 Å². The van der Waals surface area contributed by atoms with Crippen LogP contribution < -0.4 is 21.4 Å². The van der Waals surface area contributed by atoms with Crippen molar-refractivity contribution in [3.05, 3.63) is 46.3 Å². The number of carbonyl (C=O) groups is 1. The summed E-state index contributed by atoms with van der Waals surface area (Å²) in [4.78, 5) is 21.8. The largest absolute Gasteiger partial charge is 0.409 e. The first-order valence-corrected chi connectivity index (χ1v) is 8.58. The Morgan fingerprint density at radius 3 is 2.96 bits per heavy atom. The van der Waals surface area contributed by atoms with E-state index >= 15 is 0 Å². The second kappa shape index (κ2) is 7.66. The molecular weight excluding hydrogens is 364 g/mol. The number of nitrogens with zero attached hydrogens (tertiary/aromatic N) is 1. The van der Waals surface area contributed by atoms with Gasteiger partial charge in [-0.15, -0.1) is 11.3 Å². The number of hydrogen-bond acceptors (Lipinski definition) is 7. The van der Waals surface area contributed by atoms with Gasteiger partial charge in [-0.05, 0) is 30.3 Å². The molecule has 5 N–H and O–H groups in total. The number of anilines is 2. The van der Waals surface area contributed by atoms with Crippen molar-refractivity contribution in [1.82, 2.24) is 4.98 Å². The van der Waals surface area contributed by atoms with Gasteiger partial charge in [-0.3, -0.25) is 4.79 Å². The van der Waals surface area contributed by atoms with E-state index in [1.807, 2.05) is 6.07 Å². The van der Waals surface area contributed by atoms with Gasteiger partial charge in [0.05, 0.1) is 28.1 Å². The minimum Gasteiger partial charge on any atom is -0.409 e. The van der Waals surface area contributed by atoms with Crippen LogP contribution in [0.15, 0.2) is 35.7 Å². The molecule has 2 heterocycles. The maximum Gasteiger partial charge on any atom is 0.258 e. The van der Waals surface area contributed by atoms with Crippen molar-refractivity contribution in [2.24, 2.45) is 5.90 Å². The van der Waals surface area contributed by atoms with Crippen molar-refractivity contribution in [3.8, 4) is 5.75 Å². The molecule has 7 nitrogen and oxygen atoms in total. The summed E-state index contributed by atoms with van der Waals surface area (Å²) in [7, 11) is 0. The monoisotopic (exact) mass is 378 g/mol. The first-order valence-electron chi connectivity index (χ1n) is 7.33. The van der Waals surface area contributed by atoms with Crippen LogP contribution in [0.2, 0.25) is 5.02 Å². The number of aliphatic hydroxyl groups excluding tert-OH is 1. The van der Waals surface area contributed by atoms with Gasteiger partial charge in [-0.2, -0.15) is 5.90 Å². The molecule has 1 aromatic carbocycles. The topological polar surface area (TPSA) is 110 Å². The highest BCUT2D eigenvalue weighted by atomic mass is 35.5. The van der Waals surface area contributed by atoms with Crippen LogP contribution in [0, 0.1) is 0 Å². The SMILES string of the molecule is NOc1ccc(Cl)cc1NC(=O)c1csc2ccc(NCCO)nc12. The average Bonchev–Trinajstić information content (AvgIpc) is 3.03. The van der Waals surface area contributed by atoms with E-state index in [9.17, 15) is 4.79 Å². The normalized spacial score (nSPS) is 10.7. The molecule has 0 atom stereocenters. The molecular formula is C16H15ClN4O3S. The fourth-order valence-corrected chi connectivity index (χ4v) is 3.30. The molecule has 0 aliphatic carbocycles. The standard InChI is InChI=1S/C16H15ClN4O3S/c17-9-1-2-12(24-18)11(7-9)20-16(23)10-8-25-13-3-4-14(19-5-6-22)21-15(10)13/h1-4,7-8,22H,5-6,18H2,(H,19,21)(H,20,23). The third kappa shape index (κ3) is 3.83. The lowest BCUT2D eigenvalue weighted by molar-refractivity contribution is 0.102. The number of pyridine rings is 1. The van der Waals surface area contributed by atoms with Gasteiger partial charge in [0.1, 0.15) is 5.82 Å². The molecule has 130 valence electrons. The van der Waals surface area contributed by atoms with Crippen LogP contribution in [0.25, 0.3) is 10.2 Å². The molecule has 0 saturated carbocycles. The molecule has 0 radical (unpaired) electrons. The van der Waals surface area contributed by atoms with E-state index in [-0.39, 0.29) is 12.5 Å². The summed E-state index contributed by atoms with van der Waals surface area (Å²) in [6.07, 6.45) is 0. The maximum absolute atomic E-state index is 12.6. The van der Waals surface area contributed by atoms with Gasteiger partial charge in [-0.25, -0.2) is 4.98 Å². The molecule has 0 spiro atoms. The number of thiophene rings is 1. The number of benzene rings is 1. The van der Waals surface area contributed by atoms with Crippen LogP contribution in [0.4, 0.5) is 11.5 Å². The van der Waals surface area contributed by atoms with E-state index in [0.717, 1.165) is 4.70 Å². The molecule has 9 heteroatoms. The van der Waals surface area contributed by atoms with Crippen molar-refractivity contribution in [3.63, 3.8) is 0 Å². The molecule has 0 fully saturated rings. The fraction of sp³-hybridized carbons (Fsp3) is 0.125. The molecule has 3 aromatic rings. The van der Waals surface area contributed by atoms with Crippen LogP contribution in [0.1, 0.15) is 10.4 Å². The number of rotatable bonds is 6. The van der Waals surface area contributed by atoms with Crippen LogP contribution in [0.3, 0.4) is 0 Å². The molecule has 3 rings (SSSR count). The number of aromatic nitrogens is 1. The van der Waals surface area contributed by atoms with Crippen molar-refractivity contribution in [2.45, 2.75) is 0 Å². The van der Waals surface area contributed by atoms with Gasteiger partial charge < -0.3 is 20.6 Å². The lowest BCUT2D eigenvalue weighted by atomic mass is 10.2. The Morgan fingerprint density at radius 2 is 2.20 bits per heavy atom. The Kier molecular flexibility index (Phi) is 5.34. The van der Waals surface area contributed by atoms with Crippen LogP contribution in [-0.2, 0) is 0 Å². The van der Waals surface area contributed by atoms with E-state index < -0.39 is 0 Å². The van der Waals surface area contributed by atoms with Crippen LogP contribution in [-0.4, -0.2) is 29.1 Å². The Bertz CT molecular complexity index is 916. The molecule has 1 amide bonds. The van der Waals surface area contributed by atoms with E-state index in [4.69, 9.17) is 27.4 Å². The molecule has 0 bridgehead atoms. The zero-order chi connectivity index (χ0) is 17.8. The van der Waals surface area contributed by atoms with Gasteiger partial charge in [0.2, 0.25) is 0 Å². The minimum atomic E-state index is -0.348. The number of fused-ring (bicyclic) bond motifs is 1. The summed E-state index contributed by atoms with van der Waals surface area (Å²) in [5.74, 6) is 5.76. The number of nitrogens with two attached hydrogens (primary N) is 1. The highest BCUT2D eigenvalue weighted by Crippen LogP contribution is 2.30. The Labute approximate surface area is 152 Å². The van der Waals surface area contributed by atoms with Crippen molar-refractivity contribution in [2.75, 3.05) is 23.8 Å². The number of nitrogens with one attached hydrogen (secondary N) is 2. The molecule has 2 aromatic heterocycles. The number of amides is 1. The van der Waals surface area contributed by atoms with Gasteiger partial charge in [0.15, 0.2) is 5.75 Å². The quantitative estimate of drug-likeness (QED) is 0.491. The lowest BCUT2D eigenvalue weighted by Crippen LogP contribution is -2.14. The van der Waals surface area contributed by atoms with Gasteiger partial charge in [-0.1, -0.05) is 11.6 Å². The van der Waals surface area contributed by atoms with Gasteiger partial charge in [0, 0.05) is 16.9 Å². The molecule has 0 aliphatic rings. The van der Waals surface area contributed by atoms with Crippen LogP contribution >= 0.6 is 22.9 Å². The summed E-state index contributed by atoms with van der Waals surface area (Å²) in [5.41, 5.74) is 1.37. The highest BCUT2D eigenvalue weighted by molar-refractivity contribution is 7.17. The average molecular weight is 379 g/mol. The summed E-state index contributed by atoms with van der Waals surface area (Å²) in [6.45, 7) is 0.372. The van der Waals surface area contributed by atoms with Crippen LogP contribution in [0.5, 0.6) is 5.75 Å². The minimum absolute atomic E-state index is 0.00662. The highest BCUT2D eigenvalue weighted by Gasteiger charge is 2.16. The smallest absolute Gasteiger partial charge is 0.258 e. The van der Waals surface area contributed by atoms with Gasteiger partial charge >= 0.3 is 0 Å². The van der Waals surface area contributed by atoms with Crippen molar-refractivity contribution < 1.29 is 14.7 Å².